The zero-order chi connectivity index (χ0) is 27.7. The van der Waals surface area contributed by atoms with Gasteiger partial charge in [-0.1, -0.05) is 37.1 Å². The summed E-state index contributed by atoms with van der Waals surface area (Å²) in [7, 11) is -4.66. The molecule has 0 aromatic heterocycles. The van der Waals surface area contributed by atoms with Gasteiger partial charge in [-0.05, 0) is 31.2 Å². The SMILES string of the molecule is N=C(N)c1ccc(C(NC(=O)CCCCCNC(=O)CCCC[C@@H]2SC[C@@H]3NC(=O)N[C@@H]32)P(=O)(O)O)cc1. The van der Waals surface area contributed by atoms with E-state index in [1.54, 1.807) is 0 Å². The number of unbranched alkanes of at least 4 members (excludes halogenated alkanes) is 3. The molecule has 0 spiro atoms. The van der Waals surface area contributed by atoms with Crippen molar-refractivity contribution in [3.8, 4) is 0 Å². The summed E-state index contributed by atoms with van der Waals surface area (Å²) in [5, 5.41) is 19.0. The highest BCUT2D eigenvalue weighted by atomic mass is 32.2. The van der Waals surface area contributed by atoms with Gasteiger partial charge in [-0.15, -0.1) is 0 Å². The number of nitrogens with two attached hydrogens (primary N) is 1. The van der Waals surface area contributed by atoms with Crippen molar-refractivity contribution in [1.82, 2.24) is 21.3 Å². The van der Waals surface area contributed by atoms with Crippen LogP contribution >= 0.6 is 19.4 Å². The van der Waals surface area contributed by atoms with Gasteiger partial charge in [0.05, 0.1) is 12.1 Å². The molecule has 2 aliphatic heterocycles. The van der Waals surface area contributed by atoms with Gasteiger partial charge in [-0.25, -0.2) is 4.79 Å². The van der Waals surface area contributed by atoms with Crippen molar-refractivity contribution in [3.63, 3.8) is 0 Å². The van der Waals surface area contributed by atoms with E-state index in [9.17, 15) is 28.7 Å². The van der Waals surface area contributed by atoms with Crippen molar-refractivity contribution >= 4 is 43.0 Å². The number of carbonyl (C=O) groups excluding carboxylic acids is 3. The Morgan fingerprint density at radius 2 is 1.76 bits per heavy atom. The number of thioether (sulfide) groups is 1. The fourth-order valence-electron chi connectivity index (χ4n) is 4.61. The minimum Gasteiger partial charge on any atom is -0.384 e. The summed E-state index contributed by atoms with van der Waals surface area (Å²) in [5.74, 6) is -1.19. The van der Waals surface area contributed by atoms with Crippen molar-refractivity contribution in [3.05, 3.63) is 35.4 Å². The number of urea groups is 1. The van der Waals surface area contributed by atoms with Crippen molar-refractivity contribution in [2.45, 2.75) is 74.5 Å². The fraction of sp³-hybridized carbons (Fsp3) is 0.583. The van der Waals surface area contributed by atoms with E-state index in [1.165, 1.54) is 24.3 Å². The summed E-state index contributed by atoms with van der Waals surface area (Å²) in [6.45, 7) is 0.508. The Kier molecular flexibility index (Phi) is 11.0. The number of hydrogen-bond donors (Lipinski definition) is 8. The molecule has 9 N–H and O–H groups in total. The number of nitrogens with one attached hydrogen (secondary N) is 5. The lowest BCUT2D eigenvalue weighted by Crippen LogP contribution is -2.36. The predicted octanol–water partition coefficient (Wildman–Crippen LogP) is 1.67. The Morgan fingerprint density at radius 1 is 1.08 bits per heavy atom. The molecule has 12 nitrogen and oxygen atoms in total. The number of rotatable bonds is 15. The van der Waals surface area contributed by atoms with Crippen LogP contribution in [0.2, 0.25) is 0 Å². The number of carbonyl (C=O) groups is 3. The molecule has 2 fully saturated rings. The predicted molar refractivity (Wildman–Crippen MR) is 146 cm³/mol. The second-order valence-electron chi connectivity index (χ2n) is 9.62. The highest BCUT2D eigenvalue weighted by Gasteiger charge is 2.42. The highest BCUT2D eigenvalue weighted by Crippen LogP contribution is 2.50. The molecule has 1 aromatic carbocycles. The van der Waals surface area contributed by atoms with E-state index >= 15 is 0 Å². The van der Waals surface area contributed by atoms with E-state index in [1.807, 2.05) is 11.8 Å². The molecule has 0 radical (unpaired) electrons. The first kappa shape index (κ1) is 29.9. The van der Waals surface area contributed by atoms with Crippen molar-refractivity contribution in [2.24, 2.45) is 5.73 Å². The summed E-state index contributed by atoms with van der Waals surface area (Å²) < 4.78 is 11.9. The molecule has 2 saturated heterocycles. The van der Waals surface area contributed by atoms with E-state index in [0.29, 0.717) is 43.0 Å². The third-order valence-electron chi connectivity index (χ3n) is 6.65. The summed E-state index contributed by atoms with van der Waals surface area (Å²) in [5.41, 5.74) is 6.04. The van der Waals surface area contributed by atoms with E-state index in [-0.39, 0.29) is 41.8 Å². The van der Waals surface area contributed by atoms with Crippen LogP contribution in [0.15, 0.2) is 24.3 Å². The minimum atomic E-state index is -4.66. The van der Waals surface area contributed by atoms with Crippen molar-refractivity contribution < 1.29 is 28.7 Å². The molecule has 2 aliphatic rings. The number of fused-ring (bicyclic) bond motifs is 1. The molecule has 3 rings (SSSR count). The van der Waals surface area contributed by atoms with Crippen LogP contribution < -0.4 is 27.0 Å². The van der Waals surface area contributed by atoms with E-state index < -0.39 is 19.3 Å². The maximum Gasteiger partial charge on any atom is 0.352 e. The second-order valence-corrected chi connectivity index (χ2v) is 12.6. The van der Waals surface area contributed by atoms with Gasteiger partial charge in [0, 0.05) is 36.0 Å². The van der Waals surface area contributed by atoms with Crippen LogP contribution in [-0.4, -0.2) is 63.1 Å². The van der Waals surface area contributed by atoms with E-state index in [2.05, 4.69) is 21.3 Å². The molecular weight excluding hydrogens is 531 g/mol. The third-order valence-corrected chi connectivity index (χ3v) is 9.26. The molecule has 0 saturated carbocycles. The molecule has 0 bridgehead atoms. The van der Waals surface area contributed by atoms with Crippen LogP contribution in [0.4, 0.5) is 4.79 Å². The molecule has 14 heteroatoms. The van der Waals surface area contributed by atoms with Crippen LogP contribution in [-0.2, 0) is 14.2 Å². The van der Waals surface area contributed by atoms with Gasteiger partial charge in [0.15, 0.2) is 5.78 Å². The Bertz CT molecular complexity index is 1050. The van der Waals surface area contributed by atoms with Crippen LogP contribution in [0.1, 0.15) is 68.3 Å². The van der Waals surface area contributed by atoms with Crippen LogP contribution in [0.25, 0.3) is 0 Å². The molecule has 210 valence electrons. The summed E-state index contributed by atoms with van der Waals surface area (Å²) in [4.78, 5) is 55.2. The highest BCUT2D eigenvalue weighted by molar-refractivity contribution is 8.00. The standard InChI is InChI=1S/C24H37N6O6PS/c25-22(26)15-9-11-16(12-10-15)23(37(34,35)36)29-20(32)8-2-1-5-13-27-19(31)7-4-3-6-18-21-17(14-38-18)28-24(33)30-21/h9-12,17-18,21,23H,1-8,13-14H2,(H3,25,26)(H,27,31)(H,29,32)(H2,28,30,33)(H2,34,35,36)/t17-,18-,21-,23?/m0/s1. The number of hydrogen-bond acceptors (Lipinski definition) is 6. The number of nitrogen functional groups attached to an aromatic ring is 1. The topological polar surface area (TPSA) is 207 Å². The molecule has 4 amide bonds. The number of amidine groups is 1. The molecule has 1 unspecified atom stereocenters. The lowest BCUT2D eigenvalue weighted by molar-refractivity contribution is -0.122. The second kappa shape index (κ2) is 14.0. The first-order valence-electron chi connectivity index (χ1n) is 12.8. The average molecular weight is 569 g/mol. The van der Waals surface area contributed by atoms with Gasteiger partial charge in [-0.2, -0.15) is 11.8 Å². The quantitative estimate of drug-likeness (QED) is 0.0512. The largest absolute Gasteiger partial charge is 0.384 e. The number of amides is 4. The molecule has 38 heavy (non-hydrogen) atoms. The molecule has 2 heterocycles. The fourth-order valence-corrected chi connectivity index (χ4v) is 7.03. The summed E-state index contributed by atoms with van der Waals surface area (Å²) in [6, 6.07) is 6.11. The van der Waals surface area contributed by atoms with E-state index in [4.69, 9.17) is 11.1 Å². The Hall–Kier alpha value is -2.60. The molecular formula is C24H37N6O6PS. The van der Waals surface area contributed by atoms with Crippen molar-refractivity contribution in [1.29, 1.82) is 5.41 Å². The van der Waals surface area contributed by atoms with Gasteiger partial charge < -0.3 is 36.8 Å². The lowest BCUT2D eigenvalue weighted by atomic mass is 10.0. The zero-order valence-corrected chi connectivity index (χ0v) is 22.9. The normalized spacial score (nSPS) is 21.2. The molecule has 0 aliphatic carbocycles. The monoisotopic (exact) mass is 568 g/mol. The number of benzene rings is 1. The maximum absolute atomic E-state index is 12.3. The molecule has 1 aromatic rings. The van der Waals surface area contributed by atoms with E-state index in [0.717, 1.165) is 25.0 Å². The molecule has 4 atom stereocenters. The van der Waals surface area contributed by atoms with Crippen molar-refractivity contribution in [2.75, 3.05) is 12.3 Å². The average Bonchev–Trinajstić information content (AvgIpc) is 3.41. The smallest absolute Gasteiger partial charge is 0.352 e. The Balaban J connectivity index is 1.25. The maximum atomic E-state index is 12.3. The Labute approximate surface area is 226 Å². The third kappa shape index (κ3) is 9.00. The van der Waals surface area contributed by atoms with Gasteiger partial charge in [0.1, 0.15) is 5.84 Å². The van der Waals surface area contributed by atoms with Gasteiger partial charge >= 0.3 is 13.6 Å². The lowest BCUT2D eigenvalue weighted by Gasteiger charge is -2.20. The van der Waals surface area contributed by atoms with Gasteiger partial charge in [-0.3, -0.25) is 19.6 Å². The first-order valence-corrected chi connectivity index (χ1v) is 15.5. The first-order chi connectivity index (χ1) is 18.0. The van der Waals surface area contributed by atoms with Gasteiger partial charge in [0.25, 0.3) is 0 Å². The van der Waals surface area contributed by atoms with Crippen LogP contribution in [0, 0.1) is 5.41 Å². The van der Waals surface area contributed by atoms with Crippen LogP contribution in [0.3, 0.4) is 0 Å². The summed E-state index contributed by atoms with van der Waals surface area (Å²) in [6.07, 6.45) is 5.14. The Morgan fingerprint density at radius 3 is 2.45 bits per heavy atom. The summed E-state index contributed by atoms with van der Waals surface area (Å²) >= 11 is 1.87. The van der Waals surface area contributed by atoms with Crippen LogP contribution in [0.5, 0.6) is 0 Å². The van der Waals surface area contributed by atoms with Gasteiger partial charge in [0.2, 0.25) is 11.8 Å². The minimum absolute atomic E-state index is 0.00388. The zero-order valence-electron chi connectivity index (χ0n) is 21.2.